The molecule has 2 N–H and O–H groups in total. The molecule has 0 aliphatic rings. The summed E-state index contributed by atoms with van der Waals surface area (Å²) in [4.78, 5) is 15.8. The molecule has 2 aromatic rings. The van der Waals surface area contributed by atoms with Crippen LogP contribution in [0.5, 0.6) is 0 Å². The third-order valence-electron chi connectivity index (χ3n) is 2.89. The van der Waals surface area contributed by atoms with Gasteiger partial charge in [0.2, 0.25) is 0 Å². The Morgan fingerprint density at radius 3 is 2.75 bits per heavy atom. The van der Waals surface area contributed by atoms with Crippen LogP contribution < -0.4 is 5.32 Å². The predicted octanol–water partition coefficient (Wildman–Crippen LogP) is 1.99. The van der Waals surface area contributed by atoms with Crippen molar-refractivity contribution in [1.29, 1.82) is 0 Å². The second-order valence-electron chi connectivity index (χ2n) is 4.44. The Bertz CT molecular complexity index is 599. The van der Waals surface area contributed by atoms with Crippen molar-refractivity contribution in [2.75, 3.05) is 6.54 Å². The number of nitrogens with one attached hydrogen (secondary N) is 1. The highest BCUT2D eigenvalue weighted by Gasteiger charge is 2.14. The molecule has 5 heteroatoms. The van der Waals surface area contributed by atoms with Crippen molar-refractivity contribution in [2.24, 2.45) is 0 Å². The van der Waals surface area contributed by atoms with E-state index in [1.54, 1.807) is 24.3 Å². The number of aliphatic hydroxyl groups is 1. The molecule has 0 saturated carbocycles. The van der Waals surface area contributed by atoms with Crippen molar-refractivity contribution in [3.63, 3.8) is 0 Å². The normalized spacial score (nSPS) is 11.9. The monoisotopic (exact) mass is 274 g/mol. The molecule has 1 heterocycles. The van der Waals surface area contributed by atoms with Crippen LogP contribution in [0.3, 0.4) is 0 Å². The molecule has 0 spiro atoms. The number of carbonyl (C=O) groups is 1. The smallest absolute Gasteiger partial charge is 0.252 e. The fourth-order valence-corrected chi connectivity index (χ4v) is 1.75. The summed E-state index contributed by atoms with van der Waals surface area (Å²) in [7, 11) is 0. The molecule has 20 heavy (non-hydrogen) atoms. The first-order valence-electron chi connectivity index (χ1n) is 6.21. The van der Waals surface area contributed by atoms with Gasteiger partial charge in [0.05, 0.1) is 11.7 Å². The number of carbonyl (C=O) groups excluding carboxylic acids is 1. The van der Waals surface area contributed by atoms with Gasteiger partial charge in [0.15, 0.2) is 0 Å². The molecule has 1 amide bonds. The highest BCUT2D eigenvalue weighted by molar-refractivity contribution is 5.93. The van der Waals surface area contributed by atoms with Crippen LogP contribution in [0, 0.1) is 12.7 Å². The molecule has 0 saturated heterocycles. The van der Waals surface area contributed by atoms with E-state index < -0.39 is 11.9 Å². The van der Waals surface area contributed by atoms with Crippen LogP contribution in [0.4, 0.5) is 4.39 Å². The third kappa shape index (κ3) is 3.39. The molecule has 1 aromatic heterocycles. The molecule has 0 bridgehead atoms. The molecule has 0 fully saturated rings. The molecule has 0 aliphatic heterocycles. The Labute approximate surface area is 116 Å². The lowest BCUT2D eigenvalue weighted by atomic mass is 10.1. The molecule has 1 aromatic carbocycles. The number of hydrogen-bond donors (Lipinski definition) is 2. The average Bonchev–Trinajstić information content (AvgIpc) is 2.45. The molecule has 0 aliphatic carbocycles. The summed E-state index contributed by atoms with van der Waals surface area (Å²) in [5.41, 5.74) is 1.37. The van der Waals surface area contributed by atoms with Crippen molar-refractivity contribution in [3.8, 4) is 0 Å². The lowest BCUT2D eigenvalue weighted by Crippen LogP contribution is -2.28. The molecule has 1 unspecified atom stereocenters. The highest BCUT2D eigenvalue weighted by Crippen LogP contribution is 2.15. The first-order chi connectivity index (χ1) is 9.58. The highest BCUT2D eigenvalue weighted by atomic mass is 19.1. The van der Waals surface area contributed by atoms with Crippen molar-refractivity contribution >= 4 is 5.91 Å². The number of pyridine rings is 1. The van der Waals surface area contributed by atoms with Crippen molar-refractivity contribution < 1.29 is 14.3 Å². The second kappa shape index (κ2) is 6.25. The fourth-order valence-electron chi connectivity index (χ4n) is 1.75. The summed E-state index contributed by atoms with van der Waals surface area (Å²) >= 11 is 0. The van der Waals surface area contributed by atoms with Gasteiger partial charge in [-0.15, -0.1) is 0 Å². The van der Waals surface area contributed by atoms with Gasteiger partial charge < -0.3 is 10.4 Å². The van der Waals surface area contributed by atoms with Gasteiger partial charge in [0.1, 0.15) is 5.82 Å². The van der Waals surface area contributed by atoms with Crippen LogP contribution in [0.2, 0.25) is 0 Å². The summed E-state index contributed by atoms with van der Waals surface area (Å²) in [6, 6.07) is 9.30. The van der Waals surface area contributed by atoms with Crippen LogP contribution in [-0.4, -0.2) is 22.5 Å². The Balaban J connectivity index is 1.97. The number of aliphatic hydroxyl groups excluding tert-OH is 1. The first kappa shape index (κ1) is 14.1. The van der Waals surface area contributed by atoms with Gasteiger partial charge in [-0.3, -0.25) is 9.78 Å². The summed E-state index contributed by atoms with van der Waals surface area (Å²) < 4.78 is 13.4. The number of rotatable bonds is 4. The van der Waals surface area contributed by atoms with Crippen LogP contribution in [-0.2, 0) is 0 Å². The van der Waals surface area contributed by atoms with Gasteiger partial charge in [0, 0.05) is 24.0 Å². The number of aromatic nitrogens is 1. The topological polar surface area (TPSA) is 62.2 Å². The Morgan fingerprint density at radius 2 is 2.10 bits per heavy atom. The maximum atomic E-state index is 13.4. The maximum absolute atomic E-state index is 13.4. The van der Waals surface area contributed by atoms with Gasteiger partial charge >= 0.3 is 0 Å². The van der Waals surface area contributed by atoms with Crippen LogP contribution in [0.25, 0.3) is 0 Å². The number of amides is 1. The third-order valence-corrected chi connectivity index (χ3v) is 2.89. The van der Waals surface area contributed by atoms with Gasteiger partial charge in [0.25, 0.3) is 5.91 Å². The fraction of sp³-hybridized carbons (Fsp3) is 0.200. The van der Waals surface area contributed by atoms with Crippen molar-refractivity contribution in [2.45, 2.75) is 13.0 Å². The number of benzene rings is 1. The molecular weight excluding hydrogens is 259 g/mol. The first-order valence-corrected chi connectivity index (χ1v) is 6.21. The van der Waals surface area contributed by atoms with Crippen molar-refractivity contribution in [3.05, 3.63) is 65.2 Å². The quantitative estimate of drug-likeness (QED) is 0.896. The maximum Gasteiger partial charge on any atom is 0.252 e. The zero-order chi connectivity index (χ0) is 14.5. The van der Waals surface area contributed by atoms with Gasteiger partial charge in [-0.1, -0.05) is 18.2 Å². The van der Waals surface area contributed by atoms with Crippen LogP contribution in [0.15, 0.2) is 42.6 Å². The van der Waals surface area contributed by atoms with E-state index in [0.717, 1.165) is 5.69 Å². The van der Waals surface area contributed by atoms with Crippen LogP contribution >= 0.6 is 0 Å². The zero-order valence-corrected chi connectivity index (χ0v) is 11.0. The van der Waals surface area contributed by atoms with E-state index >= 15 is 0 Å². The van der Waals surface area contributed by atoms with E-state index in [0.29, 0.717) is 5.56 Å². The Kier molecular flexibility index (Phi) is 4.42. The van der Waals surface area contributed by atoms with E-state index in [2.05, 4.69) is 10.3 Å². The van der Waals surface area contributed by atoms with E-state index in [1.807, 2.05) is 6.92 Å². The molecule has 4 nitrogen and oxygen atoms in total. The average molecular weight is 274 g/mol. The van der Waals surface area contributed by atoms with Gasteiger partial charge in [-0.2, -0.15) is 0 Å². The number of aryl methyl sites for hydroxylation is 1. The largest absolute Gasteiger partial charge is 0.386 e. The van der Waals surface area contributed by atoms with E-state index in [9.17, 15) is 14.3 Å². The SMILES string of the molecule is Cc1ccc(C(=O)NCC(O)c2ccccc2F)cn1. The van der Waals surface area contributed by atoms with E-state index in [4.69, 9.17) is 0 Å². The van der Waals surface area contributed by atoms with Gasteiger partial charge in [-0.25, -0.2) is 4.39 Å². The minimum absolute atomic E-state index is 0.0619. The second-order valence-corrected chi connectivity index (χ2v) is 4.44. The molecule has 104 valence electrons. The summed E-state index contributed by atoms with van der Waals surface area (Å²) in [6.07, 6.45) is 0.374. The molecule has 0 radical (unpaired) electrons. The number of hydrogen-bond acceptors (Lipinski definition) is 3. The Morgan fingerprint density at radius 1 is 1.35 bits per heavy atom. The molecular formula is C15H15FN2O2. The summed E-state index contributed by atoms with van der Waals surface area (Å²) in [5, 5.41) is 12.4. The molecule has 2 rings (SSSR count). The lowest BCUT2D eigenvalue weighted by molar-refractivity contribution is 0.0913. The number of nitrogens with zero attached hydrogens (tertiary/aromatic N) is 1. The van der Waals surface area contributed by atoms with Crippen LogP contribution in [0.1, 0.15) is 27.7 Å². The summed E-state index contributed by atoms with van der Waals surface area (Å²) in [5.74, 6) is -0.848. The Hall–Kier alpha value is -2.27. The minimum Gasteiger partial charge on any atom is -0.386 e. The van der Waals surface area contributed by atoms with Gasteiger partial charge in [-0.05, 0) is 25.1 Å². The minimum atomic E-state index is -1.08. The molecule has 1 atom stereocenters. The van der Waals surface area contributed by atoms with E-state index in [-0.39, 0.29) is 18.0 Å². The standard InChI is InChI=1S/C15H15FN2O2/c1-10-6-7-11(8-17-10)15(20)18-9-14(19)12-4-2-3-5-13(12)16/h2-8,14,19H,9H2,1H3,(H,18,20). The number of halogens is 1. The lowest BCUT2D eigenvalue weighted by Gasteiger charge is -2.13. The van der Waals surface area contributed by atoms with Crippen molar-refractivity contribution in [1.82, 2.24) is 10.3 Å². The summed E-state index contributed by atoms with van der Waals surface area (Å²) in [6.45, 7) is 1.76. The van der Waals surface area contributed by atoms with E-state index in [1.165, 1.54) is 18.3 Å². The zero-order valence-electron chi connectivity index (χ0n) is 11.0. The predicted molar refractivity (Wildman–Crippen MR) is 72.7 cm³/mol.